The molecule has 0 radical (unpaired) electrons. The van der Waals surface area contributed by atoms with E-state index in [2.05, 4.69) is 151 Å². The maximum Gasteiger partial charge on any atom is 0.169 e. The molecule has 5 nitrogen and oxygen atoms in total. The third-order valence-electron chi connectivity index (χ3n) is 11.7. The lowest BCUT2D eigenvalue weighted by Crippen LogP contribution is -2.36. The van der Waals surface area contributed by atoms with E-state index in [-0.39, 0.29) is 0 Å². The van der Waals surface area contributed by atoms with Crippen LogP contribution in [0.15, 0.2) is 204 Å². The Morgan fingerprint density at radius 1 is 0.448 bits per heavy atom. The van der Waals surface area contributed by atoms with Crippen LogP contribution in [0.2, 0.25) is 0 Å². The molecule has 2 aliphatic heterocycles. The predicted octanol–water partition coefficient (Wildman–Crippen LogP) is 11.9. The normalized spacial score (nSPS) is 15.3. The van der Waals surface area contributed by atoms with Crippen LogP contribution in [-0.2, 0) is 5.41 Å². The molecule has 11 rings (SSSR count). The van der Waals surface area contributed by atoms with Gasteiger partial charge in [-0.15, -0.1) is 0 Å². The van der Waals surface area contributed by atoms with Crippen molar-refractivity contribution < 1.29 is 4.74 Å². The van der Waals surface area contributed by atoms with E-state index >= 15 is 0 Å². The number of rotatable bonds is 5. The van der Waals surface area contributed by atoms with Crippen molar-refractivity contribution in [2.24, 2.45) is 9.98 Å². The number of nitrogens with zero attached hydrogens (tertiary/aromatic N) is 3. The predicted molar refractivity (Wildman–Crippen MR) is 231 cm³/mol. The van der Waals surface area contributed by atoms with Crippen LogP contribution in [0.3, 0.4) is 0 Å². The summed E-state index contributed by atoms with van der Waals surface area (Å²) in [5.74, 6) is 3.25. The summed E-state index contributed by atoms with van der Waals surface area (Å²) in [7, 11) is 0. The number of ether oxygens (including phenoxy) is 1. The lowest BCUT2D eigenvalue weighted by Gasteiger charge is -2.39. The highest BCUT2D eigenvalue weighted by Crippen LogP contribution is 2.62. The molecule has 0 saturated carbocycles. The van der Waals surface area contributed by atoms with Gasteiger partial charge in [-0.3, -0.25) is 0 Å². The zero-order valence-corrected chi connectivity index (χ0v) is 31.3. The number of fused-ring (bicyclic) bond motifs is 9. The molecule has 1 unspecified atom stereocenters. The summed E-state index contributed by atoms with van der Waals surface area (Å²) in [4.78, 5) is 10.5. The smallest absolute Gasteiger partial charge is 0.169 e. The van der Waals surface area contributed by atoms with Crippen molar-refractivity contribution >= 4 is 11.7 Å². The molecule has 0 aromatic heterocycles. The van der Waals surface area contributed by atoms with E-state index in [0.29, 0.717) is 5.56 Å². The molecule has 0 bridgehead atoms. The van der Waals surface area contributed by atoms with Gasteiger partial charge in [-0.05, 0) is 86.5 Å². The van der Waals surface area contributed by atoms with Crippen LogP contribution >= 0.6 is 0 Å². The van der Waals surface area contributed by atoms with Gasteiger partial charge in [0.15, 0.2) is 6.17 Å². The fourth-order valence-electron chi connectivity index (χ4n) is 8.96. The van der Waals surface area contributed by atoms with Gasteiger partial charge in [-0.25, -0.2) is 9.98 Å². The second-order valence-corrected chi connectivity index (χ2v) is 14.9. The number of benzene rings is 8. The van der Waals surface area contributed by atoms with E-state index in [9.17, 15) is 5.26 Å². The van der Waals surface area contributed by atoms with E-state index < -0.39 is 11.6 Å². The first-order chi connectivity index (χ1) is 28.7. The zero-order valence-electron chi connectivity index (χ0n) is 31.3. The number of nitrogens with one attached hydrogen (secondary N) is 1. The van der Waals surface area contributed by atoms with Crippen molar-refractivity contribution in [2.45, 2.75) is 11.6 Å². The first kappa shape index (κ1) is 33.5. The Labute approximate surface area is 336 Å². The highest BCUT2D eigenvalue weighted by atomic mass is 16.5. The summed E-state index contributed by atoms with van der Waals surface area (Å²) in [5.41, 5.74) is 14.5. The number of hydrogen-bond acceptors (Lipinski definition) is 5. The highest BCUT2D eigenvalue weighted by molar-refractivity contribution is 6.16. The zero-order chi connectivity index (χ0) is 38.6. The van der Waals surface area contributed by atoms with Gasteiger partial charge >= 0.3 is 0 Å². The monoisotopic (exact) mass is 742 g/mol. The van der Waals surface area contributed by atoms with Crippen molar-refractivity contribution in [3.8, 4) is 50.9 Å². The van der Waals surface area contributed by atoms with Crippen molar-refractivity contribution in [1.29, 1.82) is 5.26 Å². The minimum atomic E-state index is -0.581. The Morgan fingerprint density at radius 2 is 0.966 bits per heavy atom. The molecule has 272 valence electrons. The SMILES string of the molecule is N#Cc1ccc(-c2ccc(-c3cccc(C4=NC(c5ccccc5)N=C(c5ccc6c(c5)C5(c7ccccc7Oc7ccccc75)c5ccccc5-6)N4)c3)cc2)cc1. The molecule has 1 aliphatic carbocycles. The lowest BCUT2D eigenvalue weighted by atomic mass is 9.66. The third-order valence-corrected chi connectivity index (χ3v) is 11.7. The first-order valence-corrected chi connectivity index (χ1v) is 19.5. The van der Waals surface area contributed by atoms with Gasteiger partial charge in [0.1, 0.15) is 23.2 Å². The molecule has 8 aromatic rings. The fraction of sp³-hybridized carbons (Fsp3) is 0.0377. The Hall–Kier alpha value is -7.81. The van der Waals surface area contributed by atoms with Gasteiger partial charge in [-0.1, -0.05) is 158 Å². The molecule has 1 N–H and O–H groups in total. The van der Waals surface area contributed by atoms with Crippen molar-refractivity contribution in [2.75, 3.05) is 0 Å². The third kappa shape index (κ3) is 5.31. The van der Waals surface area contributed by atoms with Gasteiger partial charge in [0.2, 0.25) is 0 Å². The molecule has 1 atom stereocenters. The van der Waals surface area contributed by atoms with Crippen molar-refractivity contribution in [3.05, 3.63) is 239 Å². The Bertz CT molecular complexity index is 2970. The van der Waals surface area contributed by atoms with E-state index in [1.165, 1.54) is 22.3 Å². The summed E-state index contributed by atoms with van der Waals surface area (Å²) in [6.07, 6.45) is -0.438. The van der Waals surface area contributed by atoms with Crippen molar-refractivity contribution in [3.63, 3.8) is 0 Å². The second-order valence-electron chi connectivity index (χ2n) is 14.9. The minimum Gasteiger partial charge on any atom is -0.457 e. The Kier molecular flexibility index (Phi) is 7.77. The summed E-state index contributed by atoms with van der Waals surface area (Å²) < 4.78 is 6.58. The number of para-hydroxylation sites is 2. The van der Waals surface area contributed by atoms with Crippen LogP contribution < -0.4 is 10.1 Å². The maximum atomic E-state index is 9.22. The molecule has 0 amide bonds. The van der Waals surface area contributed by atoms with Crippen molar-refractivity contribution in [1.82, 2.24) is 5.32 Å². The van der Waals surface area contributed by atoms with Crippen LogP contribution in [0.4, 0.5) is 0 Å². The summed E-state index contributed by atoms with van der Waals surface area (Å²) in [6.45, 7) is 0. The largest absolute Gasteiger partial charge is 0.457 e. The number of amidine groups is 2. The highest BCUT2D eigenvalue weighted by Gasteiger charge is 2.51. The second kappa shape index (κ2) is 13.4. The van der Waals surface area contributed by atoms with Crippen LogP contribution in [0.1, 0.15) is 50.7 Å². The molecular weight excluding hydrogens is 709 g/mol. The number of aliphatic imine (C=N–C) groups is 2. The Morgan fingerprint density at radius 3 is 1.64 bits per heavy atom. The molecule has 1 spiro atoms. The van der Waals surface area contributed by atoms with Gasteiger partial charge in [0, 0.05) is 22.3 Å². The van der Waals surface area contributed by atoms with Crippen LogP contribution in [0.25, 0.3) is 33.4 Å². The van der Waals surface area contributed by atoms with Crippen LogP contribution in [0.5, 0.6) is 11.5 Å². The fourth-order valence-corrected chi connectivity index (χ4v) is 8.96. The number of hydrogen-bond donors (Lipinski definition) is 1. The van der Waals surface area contributed by atoms with Crippen LogP contribution in [0, 0.1) is 11.3 Å². The maximum absolute atomic E-state index is 9.22. The molecule has 5 heteroatoms. The van der Waals surface area contributed by atoms with Gasteiger partial charge in [-0.2, -0.15) is 5.26 Å². The molecular formula is C53H34N4O. The average Bonchev–Trinajstić information content (AvgIpc) is 3.59. The Balaban J connectivity index is 1.01. The number of nitriles is 1. The standard InChI is InChI=1S/C53H34N4O/c54-33-34-21-23-35(24-22-34)36-25-27-37(28-26-36)39-13-10-14-40(31-39)51-55-50(38-11-2-1-3-12-38)56-52(57-51)41-29-30-43-42-15-4-5-16-44(42)53(47(43)32-41)45-17-6-8-19-48(45)58-49-20-9-7-18-46(49)53/h1-32,50H,(H,55,56,57). The van der Waals surface area contributed by atoms with Gasteiger partial charge < -0.3 is 10.1 Å². The molecule has 2 heterocycles. The first-order valence-electron chi connectivity index (χ1n) is 19.5. The molecule has 0 saturated heterocycles. The van der Waals surface area contributed by atoms with E-state index in [4.69, 9.17) is 14.7 Å². The topological polar surface area (TPSA) is 69.8 Å². The van der Waals surface area contributed by atoms with E-state index in [0.717, 1.165) is 73.2 Å². The van der Waals surface area contributed by atoms with Crippen LogP contribution in [-0.4, -0.2) is 11.7 Å². The van der Waals surface area contributed by atoms with Gasteiger partial charge in [0.25, 0.3) is 0 Å². The summed E-state index contributed by atoms with van der Waals surface area (Å²) in [6, 6.07) is 69.7. The van der Waals surface area contributed by atoms with Gasteiger partial charge in [0.05, 0.1) is 17.0 Å². The molecule has 3 aliphatic rings. The summed E-state index contributed by atoms with van der Waals surface area (Å²) >= 11 is 0. The van der Waals surface area contributed by atoms with E-state index in [1.807, 2.05) is 54.6 Å². The molecule has 8 aromatic carbocycles. The average molecular weight is 743 g/mol. The minimum absolute atomic E-state index is 0.438. The molecule has 0 fully saturated rings. The molecule has 58 heavy (non-hydrogen) atoms. The summed E-state index contributed by atoms with van der Waals surface area (Å²) in [5, 5.41) is 12.9. The lowest BCUT2D eigenvalue weighted by molar-refractivity contribution is 0.436. The quantitative estimate of drug-likeness (QED) is 0.191. The van der Waals surface area contributed by atoms with E-state index in [1.54, 1.807) is 0 Å².